The van der Waals surface area contributed by atoms with Gasteiger partial charge < -0.3 is 29.0 Å². The topological polar surface area (TPSA) is 75.2 Å². The molecule has 1 N–H and O–H groups in total. The molecular weight excluding hydrogens is 278 g/mol. The molecule has 21 heavy (non-hydrogen) atoms. The molecule has 0 saturated carbocycles. The Bertz CT molecular complexity index is 228. The first kappa shape index (κ1) is 20.4. The third-order valence-electron chi connectivity index (χ3n) is 2.29. The third kappa shape index (κ3) is 19.4. The molecule has 0 aliphatic carbocycles. The van der Waals surface area contributed by atoms with Crippen LogP contribution in [0.2, 0.25) is 0 Å². The number of ketones is 1. The number of rotatable bonds is 17. The number of nitrogens with one attached hydrogen (secondary N) is 1. The molecule has 0 unspecified atom stereocenters. The van der Waals surface area contributed by atoms with Gasteiger partial charge in [0.25, 0.3) is 0 Å². The molecular formula is C14H29NO6. The Labute approximate surface area is 127 Å². The van der Waals surface area contributed by atoms with E-state index in [0.717, 1.165) is 6.54 Å². The van der Waals surface area contributed by atoms with Crippen molar-refractivity contribution in [3.05, 3.63) is 0 Å². The van der Waals surface area contributed by atoms with E-state index in [1.54, 1.807) is 0 Å². The van der Waals surface area contributed by atoms with Gasteiger partial charge in [-0.1, -0.05) is 0 Å². The highest BCUT2D eigenvalue weighted by Gasteiger charge is 1.94. The molecule has 0 aliphatic heterocycles. The zero-order chi connectivity index (χ0) is 15.6. The van der Waals surface area contributed by atoms with Crippen LogP contribution < -0.4 is 5.32 Å². The molecule has 126 valence electrons. The van der Waals surface area contributed by atoms with Crippen LogP contribution in [0.15, 0.2) is 0 Å². The number of likely N-dealkylation sites (N-methyl/N-ethyl adjacent to an activating group) is 1. The van der Waals surface area contributed by atoms with Crippen molar-refractivity contribution in [1.82, 2.24) is 5.32 Å². The maximum absolute atomic E-state index is 10.6. The molecule has 7 heteroatoms. The minimum atomic E-state index is 0.0192. The minimum Gasteiger partial charge on any atom is -0.378 e. The lowest BCUT2D eigenvalue weighted by atomic mass is 10.5. The molecule has 0 spiro atoms. The van der Waals surface area contributed by atoms with Crippen molar-refractivity contribution in [2.45, 2.75) is 6.92 Å². The Hall–Kier alpha value is -0.570. The van der Waals surface area contributed by atoms with E-state index in [2.05, 4.69) is 5.32 Å². The molecule has 0 bridgehead atoms. The number of Topliss-reactive ketones (excluding diaryl/α,β-unsaturated/α-hetero) is 1. The highest BCUT2D eigenvalue weighted by Crippen LogP contribution is 1.84. The monoisotopic (exact) mass is 307 g/mol. The Morgan fingerprint density at radius 2 is 1.10 bits per heavy atom. The second-order valence-corrected chi connectivity index (χ2v) is 4.31. The van der Waals surface area contributed by atoms with E-state index in [0.29, 0.717) is 59.5 Å². The number of hydrogen-bond acceptors (Lipinski definition) is 7. The molecule has 0 aromatic rings. The molecule has 0 fully saturated rings. The molecule has 0 amide bonds. The zero-order valence-corrected chi connectivity index (χ0v) is 13.2. The van der Waals surface area contributed by atoms with Gasteiger partial charge in [0.05, 0.1) is 59.5 Å². The summed E-state index contributed by atoms with van der Waals surface area (Å²) in [5.74, 6) is 0.0192. The van der Waals surface area contributed by atoms with Crippen molar-refractivity contribution in [2.75, 3.05) is 79.7 Å². The summed E-state index contributed by atoms with van der Waals surface area (Å²) in [6.07, 6.45) is 0. The van der Waals surface area contributed by atoms with E-state index in [1.807, 2.05) is 7.05 Å². The first-order chi connectivity index (χ1) is 10.3. The van der Waals surface area contributed by atoms with E-state index in [9.17, 15) is 4.79 Å². The van der Waals surface area contributed by atoms with Crippen molar-refractivity contribution < 1.29 is 28.5 Å². The van der Waals surface area contributed by atoms with Gasteiger partial charge >= 0.3 is 0 Å². The molecule has 0 saturated heterocycles. The van der Waals surface area contributed by atoms with E-state index in [1.165, 1.54) is 6.92 Å². The summed E-state index contributed by atoms with van der Waals surface area (Å²) in [6, 6.07) is 0. The smallest absolute Gasteiger partial charge is 0.155 e. The van der Waals surface area contributed by atoms with Crippen LogP contribution in [0, 0.1) is 0 Å². The summed E-state index contributed by atoms with van der Waals surface area (Å²) in [5.41, 5.74) is 0. The highest BCUT2D eigenvalue weighted by atomic mass is 16.6. The van der Waals surface area contributed by atoms with E-state index in [-0.39, 0.29) is 12.4 Å². The van der Waals surface area contributed by atoms with Gasteiger partial charge in [-0.25, -0.2) is 0 Å². The van der Waals surface area contributed by atoms with Crippen LogP contribution in [0.5, 0.6) is 0 Å². The van der Waals surface area contributed by atoms with Crippen LogP contribution >= 0.6 is 0 Å². The summed E-state index contributed by atoms with van der Waals surface area (Å²) < 4.78 is 26.3. The van der Waals surface area contributed by atoms with Crippen LogP contribution in [0.25, 0.3) is 0 Å². The first-order valence-corrected chi connectivity index (χ1v) is 7.30. The second kappa shape index (κ2) is 17.5. The van der Waals surface area contributed by atoms with Gasteiger partial charge in [-0.15, -0.1) is 0 Å². The van der Waals surface area contributed by atoms with Gasteiger partial charge in [0, 0.05) is 6.54 Å². The standard InChI is InChI=1S/C14H29NO6/c1-14(16)13-21-12-11-20-10-9-19-8-7-18-6-5-17-4-3-15-2/h15H,3-13H2,1-2H3. The summed E-state index contributed by atoms with van der Waals surface area (Å²) in [7, 11) is 1.89. The fraction of sp³-hybridized carbons (Fsp3) is 0.929. The molecule has 0 aromatic heterocycles. The lowest BCUT2D eigenvalue weighted by Gasteiger charge is -2.07. The number of hydrogen-bond donors (Lipinski definition) is 1. The third-order valence-corrected chi connectivity index (χ3v) is 2.29. The van der Waals surface area contributed by atoms with Crippen molar-refractivity contribution in [3.8, 4) is 0 Å². The summed E-state index contributed by atoms with van der Waals surface area (Å²) in [4.78, 5) is 10.6. The summed E-state index contributed by atoms with van der Waals surface area (Å²) in [6.45, 7) is 7.40. The maximum atomic E-state index is 10.6. The summed E-state index contributed by atoms with van der Waals surface area (Å²) in [5, 5.41) is 3.00. The Morgan fingerprint density at radius 3 is 1.48 bits per heavy atom. The van der Waals surface area contributed by atoms with Crippen LogP contribution in [0.4, 0.5) is 0 Å². The molecule has 0 radical (unpaired) electrons. The fourth-order valence-corrected chi connectivity index (χ4v) is 1.27. The van der Waals surface area contributed by atoms with Crippen LogP contribution in [0.3, 0.4) is 0 Å². The SMILES string of the molecule is CNCCOCCOCCOCCOCCOCC(C)=O. The van der Waals surface area contributed by atoms with E-state index < -0.39 is 0 Å². The molecule has 0 aromatic carbocycles. The van der Waals surface area contributed by atoms with Crippen molar-refractivity contribution in [1.29, 1.82) is 0 Å². The average Bonchev–Trinajstić information content (AvgIpc) is 2.46. The van der Waals surface area contributed by atoms with Crippen molar-refractivity contribution in [3.63, 3.8) is 0 Å². The first-order valence-electron chi connectivity index (χ1n) is 7.30. The lowest BCUT2D eigenvalue weighted by molar-refractivity contribution is -0.122. The lowest BCUT2D eigenvalue weighted by Crippen LogP contribution is -2.17. The van der Waals surface area contributed by atoms with Crippen LogP contribution in [-0.2, 0) is 28.5 Å². The summed E-state index contributed by atoms with van der Waals surface area (Å²) >= 11 is 0. The zero-order valence-electron chi connectivity index (χ0n) is 13.2. The normalized spacial score (nSPS) is 11.0. The number of ether oxygens (including phenoxy) is 5. The van der Waals surface area contributed by atoms with Gasteiger partial charge in [-0.3, -0.25) is 4.79 Å². The Morgan fingerprint density at radius 1 is 0.714 bits per heavy atom. The largest absolute Gasteiger partial charge is 0.378 e. The maximum Gasteiger partial charge on any atom is 0.155 e. The van der Waals surface area contributed by atoms with E-state index >= 15 is 0 Å². The van der Waals surface area contributed by atoms with Gasteiger partial charge in [0.2, 0.25) is 0 Å². The Kier molecular flexibility index (Phi) is 17.0. The molecule has 7 nitrogen and oxygen atoms in total. The van der Waals surface area contributed by atoms with Crippen molar-refractivity contribution >= 4 is 5.78 Å². The molecule has 0 heterocycles. The van der Waals surface area contributed by atoms with Crippen LogP contribution in [-0.4, -0.2) is 85.4 Å². The van der Waals surface area contributed by atoms with Crippen LogP contribution in [0.1, 0.15) is 6.92 Å². The number of carbonyl (C=O) groups excluding carboxylic acids is 1. The average molecular weight is 307 g/mol. The highest BCUT2D eigenvalue weighted by molar-refractivity contribution is 5.76. The van der Waals surface area contributed by atoms with Gasteiger partial charge in [-0.2, -0.15) is 0 Å². The molecule has 0 rings (SSSR count). The van der Waals surface area contributed by atoms with Gasteiger partial charge in [-0.05, 0) is 14.0 Å². The molecule has 0 atom stereocenters. The second-order valence-electron chi connectivity index (χ2n) is 4.31. The molecule has 0 aliphatic rings. The van der Waals surface area contributed by atoms with Gasteiger partial charge in [0.15, 0.2) is 5.78 Å². The van der Waals surface area contributed by atoms with Gasteiger partial charge in [0.1, 0.15) is 6.61 Å². The van der Waals surface area contributed by atoms with E-state index in [4.69, 9.17) is 23.7 Å². The predicted octanol–water partition coefficient (Wildman–Crippen LogP) is -0.122. The predicted molar refractivity (Wildman–Crippen MR) is 78.7 cm³/mol. The van der Waals surface area contributed by atoms with Crippen molar-refractivity contribution in [2.24, 2.45) is 0 Å². The number of carbonyl (C=O) groups is 1. The minimum absolute atomic E-state index is 0.0192. The quantitative estimate of drug-likeness (QED) is 0.375. The Balaban J connectivity index is 2.95. The fourth-order valence-electron chi connectivity index (χ4n) is 1.27.